The van der Waals surface area contributed by atoms with Crippen LogP contribution >= 0.6 is 0 Å². The van der Waals surface area contributed by atoms with Gasteiger partial charge in [-0.15, -0.1) is 0 Å². The van der Waals surface area contributed by atoms with Crippen LogP contribution in [-0.4, -0.2) is 21.0 Å². The van der Waals surface area contributed by atoms with Gasteiger partial charge in [0.25, 0.3) is 0 Å². The zero-order valence-electron chi connectivity index (χ0n) is 9.60. The highest BCUT2D eigenvalue weighted by Crippen LogP contribution is 2.17. The Hall–Kier alpha value is 0.137. The van der Waals surface area contributed by atoms with Gasteiger partial charge in [0.1, 0.15) is 0 Å². The second-order valence-electron chi connectivity index (χ2n) is 4.53. The minimum absolute atomic E-state index is 0.385. The summed E-state index contributed by atoms with van der Waals surface area (Å²) in [4.78, 5) is 0. The van der Waals surface area contributed by atoms with Crippen LogP contribution in [0.1, 0.15) is 33.1 Å². The minimum Gasteiger partial charge on any atom is -0.415 e. The van der Waals surface area contributed by atoms with E-state index in [4.69, 9.17) is 10.2 Å². The highest BCUT2D eigenvalue weighted by molar-refractivity contribution is 6.71. The summed E-state index contributed by atoms with van der Waals surface area (Å²) >= 11 is 0. The lowest BCUT2D eigenvalue weighted by Gasteiger charge is -2.25. The third-order valence-corrected chi connectivity index (χ3v) is 4.70. The number of hydrogen-bond acceptors (Lipinski definition) is 2. The van der Waals surface area contributed by atoms with Gasteiger partial charge in [-0.2, -0.15) is 0 Å². The molecule has 0 fully saturated rings. The molecule has 0 amide bonds. The molecule has 80 valence electrons. The number of hydrogen-bond donors (Lipinski definition) is 1. The number of nitrogens with two attached hydrogens (primary N) is 1. The Kier molecular flexibility index (Phi) is 6.64. The molecule has 0 aliphatic heterocycles. The van der Waals surface area contributed by atoms with Gasteiger partial charge in [0.15, 0.2) is 8.32 Å². The molecule has 2 N–H and O–H groups in total. The van der Waals surface area contributed by atoms with Crippen LogP contribution in [0.5, 0.6) is 0 Å². The summed E-state index contributed by atoms with van der Waals surface area (Å²) in [6.07, 6.45) is 4.08. The molecule has 0 heterocycles. The Morgan fingerprint density at radius 3 is 2.23 bits per heavy atom. The molecule has 0 saturated heterocycles. The second-order valence-corrected chi connectivity index (χ2v) is 8.78. The van der Waals surface area contributed by atoms with Crippen LogP contribution in [0.2, 0.25) is 19.1 Å². The first-order chi connectivity index (χ1) is 5.98. The van der Waals surface area contributed by atoms with Crippen molar-refractivity contribution in [3.8, 4) is 0 Å². The topological polar surface area (TPSA) is 35.2 Å². The SMILES string of the molecule is CC(C)O[Si](C)(C)CCCCCN. The van der Waals surface area contributed by atoms with Gasteiger partial charge in [-0.1, -0.05) is 12.8 Å². The van der Waals surface area contributed by atoms with Gasteiger partial charge in [0.2, 0.25) is 0 Å². The summed E-state index contributed by atoms with van der Waals surface area (Å²) in [7, 11) is -1.36. The molecule has 0 aliphatic rings. The molecule has 13 heavy (non-hydrogen) atoms. The van der Waals surface area contributed by atoms with Crippen LogP contribution in [0.25, 0.3) is 0 Å². The smallest absolute Gasteiger partial charge is 0.187 e. The maximum Gasteiger partial charge on any atom is 0.187 e. The average Bonchev–Trinajstić information content (AvgIpc) is 1.95. The summed E-state index contributed by atoms with van der Waals surface area (Å²) < 4.78 is 5.93. The predicted octanol–water partition coefficient (Wildman–Crippen LogP) is 2.75. The molecule has 0 rings (SSSR count). The molecule has 2 nitrogen and oxygen atoms in total. The Labute approximate surface area is 84.0 Å². The monoisotopic (exact) mass is 203 g/mol. The number of unbranched alkanes of at least 4 members (excludes halogenated alkanes) is 2. The van der Waals surface area contributed by atoms with Crippen molar-refractivity contribution in [2.75, 3.05) is 6.54 Å². The van der Waals surface area contributed by atoms with Gasteiger partial charge in [0.05, 0.1) is 0 Å². The molecule has 0 aromatic rings. The molecule has 0 saturated carbocycles. The van der Waals surface area contributed by atoms with Gasteiger partial charge in [-0.3, -0.25) is 0 Å². The van der Waals surface area contributed by atoms with Crippen LogP contribution in [0.3, 0.4) is 0 Å². The molecule has 0 atom stereocenters. The van der Waals surface area contributed by atoms with E-state index < -0.39 is 8.32 Å². The summed E-state index contributed by atoms with van der Waals surface area (Å²) in [5.41, 5.74) is 5.44. The Balaban J connectivity index is 3.50. The van der Waals surface area contributed by atoms with E-state index in [2.05, 4.69) is 26.9 Å². The minimum atomic E-state index is -1.36. The fraction of sp³-hybridized carbons (Fsp3) is 1.00. The van der Waals surface area contributed by atoms with Gasteiger partial charge >= 0.3 is 0 Å². The first-order valence-electron chi connectivity index (χ1n) is 5.36. The first kappa shape index (κ1) is 13.1. The molecule has 0 bridgehead atoms. The van der Waals surface area contributed by atoms with Crippen molar-refractivity contribution < 1.29 is 4.43 Å². The fourth-order valence-corrected chi connectivity index (χ4v) is 4.06. The molecule has 0 spiro atoms. The Morgan fingerprint density at radius 2 is 1.77 bits per heavy atom. The maximum absolute atomic E-state index is 5.93. The van der Waals surface area contributed by atoms with E-state index in [0.717, 1.165) is 13.0 Å². The summed E-state index contributed by atoms with van der Waals surface area (Å²) in [6, 6.07) is 1.27. The van der Waals surface area contributed by atoms with Gasteiger partial charge in [-0.25, -0.2) is 0 Å². The normalized spacial score (nSPS) is 12.5. The lowest BCUT2D eigenvalue weighted by molar-refractivity contribution is 0.230. The molecule has 0 aromatic carbocycles. The van der Waals surface area contributed by atoms with Crippen molar-refractivity contribution in [2.45, 2.75) is 58.4 Å². The Bertz CT molecular complexity index is 126. The van der Waals surface area contributed by atoms with Crippen LogP contribution in [0.15, 0.2) is 0 Å². The van der Waals surface area contributed by atoms with Crippen LogP contribution in [-0.2, 0) is 4.43 Å². The molecule has 0 aliphatic carbocycles. The van der Waals surface area contributed by atoms with Gasteiger partial charge in [-0.05, 0) is 46.0 Å². The van der Waals surface area contributed by atoms with Gasteiger partial charge < -0.3 is 10.2 Å². The lowest BCUT2D eigenvalue weighted by atomic mass is 10.2. The molecule has 0 aromatic heterocycles. The zero-order valence-corrected chi connectivity index (χ0v) is 10.6. The van der Waals surface area contributed by atoms with E-state index in [1.54, 1.807) is 0 Å². The van der Waals surface area contributed by atoms with Crippen molar-refractivity contribution in [1.29, 1.82) is 0 Å². The van der Waals surface area contributed by atoms with Crippen LogP contribution in [0.4, 0.5) is 0 Å². The van der Waals surface area contributed by atoms with E-state index in [1.807, 2.05) is 0 Å². The predicted molar refractivity (Wildman–Crippen MR) is 61.4 cm³/mol. The van der Waals surface area contributed by atoms with Crippen LogP contribution < -0.4 is 5.73 Å². The molecular weight excluding hydrogens is 178 g/mol. The Morgan fingerprint density at radius 1 is 1.15 bits per heavy atom. The fourth-order valence-electron chi connectivity index (χ4n) is 1.57. The highest BCUT2D eigenvalue weighted by Gasteiger charge is 2.22. The largest absolute Gasteiger partial charge is 0.415 e. The third-order valence-electron chi connectivity index (χ3n) is 2.04. The zero-order chi connectivity index (χ0) is 10.3. The number of rotatable bonds is 7. The van der Waals surface area contributed by atoms with Crippen molar-refractivity contribution >= 4 is 8.32 Å². The molecule has 3 heteroatoms. The van der Waals surface area contributed by atoms with Crippen molar-refractivity contribution in [3.63, 3.8) is 0 Å². The van der Waals surface area contributed by atoms with E-state index in [0.29, 0.717) is 6.10 Å². The summed E-state index contributed by atoms with van der Waals surface area (Å²) in [6.45, 7) is 9.67. The lowest BCUT2D eigenvalue weighted by Crippen LogP contribution is -2.33. The van der Waals surface area contributed by atoms with Gasteiger partial charge in [0, 0.05) is 6.10 Å². The quantitative estimate of drug-likeness (QED) is 0.510. The summed E-state index contributed by atoms with van der Waals surface area (Å²) in [5, 5.41) is 0. The van der Waals surface area contributed by atoms with E-state index in [9.17, 15) is 0 Å². The first-order valence-corrected chi connectivity index (χ1v) is 8.47. The van der Waals surface area contributed by atoms with Crippen molar-refractivity contribution in [2.24, 2.45) is 5.73 Å². The average molecular weight is 203 g/mol. The molecular formula is C10H25NOSi. The highest BCUT2D eigenvalue weighted by atomic mass is 28.4. The third kappa shape index (κ3) is 8.47. The molecule has 0 unspecified atom stereocenters. The van der Waals surface area contributed by atoms with Crippen LogP contribution in [0, 0.1) is 0 Å². The van der Waals surface area contributed by atoms with Crippen molar-refractivity contribution in [1.82, 2.24) is 0 Å². The molecule has 0 radical (unpaired) electrons. The van der Waals surface area contributed by atoms with E-state index >= 15 is 0 Å². The summed E-state index contributed by atoms with van der Waals surface area (Å²) in [5.74, 6) is 0. The van der Waals surface area contributed by atoms with Crippen molar-refractivity contribution in [3.05, 3.63) is 0 Å². The standard InChI is InChI=1S/C10H25NOSi/c1-10(2)12-13(3,4)9-7-5-6-8-11/h10H,5-9,11H2,1-4H3. The maximum atomic E-state index is 5.93. The van der Waals surface area contributed by atoms with E-state index in [1.165, 1.54) is 18.9 Å². The van der Waals surface area contributed by atoms with E-state index in [-0.39, 0.29) is 0 Å². The second kappa shape index (κ2) is 6.57.